The average Bonchev–Trinajstić information content (AvgIpc) is 2.29. The van der Waals surface area contributed by atoms with Crippen molar-refractivity contribution in [2.45, 2.75) is 30.4 Å². The van der Waals surface area contributed by atoms with Crippen molar-refractivity contribution in [2.75, 3.05) is 0 Å². The first-order chi connectivity index (χ1) is 8.50. The molecule has 1 aliphatic rings. The van der Waals surface area contributed by atoms with Gasteiger partial charge < -0.3 is 0 Å². The van der Waals surface area contributed by atoms with E-state index in [1.54, 1.807) is 0 Å². The summed E-state index contributed by atoms with van der Waals surface area (Å²) in [5, 5.41) is 0. The molecule has 1 aromatic carbocycles. The van der Waals surface area contributed by atoms with Gasteiger partial charge in [0.25, 0.3) is 0 Å². The summed E-state index contributed by atoms with van der Waals surface area (Å²) in [4.78, 5) is 1.38. The van der Waals surface area contributed by atoms with Crippen molar-refractivity contribution in [3.05, 3.63) is 47.7 Å². The van der Waals surface area contributed by atoms with Crippen molar-refractivity contribution < 1.29 is 4.57 Å². The van der Waals surface area contributed by atoms with E-state index in [0.29, 0.717) is 0 Å². The van der Waals surface area contributed by atoms with Crippen LogP contribution in [0.3, 0.4) is 0 Å². The van der Waals surface area contributed by atoms with Crippen LogP contribution in [0.25, 0.3) is 11.3 Å². The van der Waals surface area contributed by atoms with E-state index in [0.717, 1.165) is 0 Å². The molecule has 2 aromatic rings. The second-order valence-corrected chi connectivity index (χ2v) is 7.11. The highest BCUT2D eigenvalue weighted by Gasteiger charge is 2.36. The van der Waals surface area contributed by atoms with Gasteiger partial charge in [0, 0.05) is 10.8 Å². The Morgan fingerprint density at radius 3 is 2.67 bits per heavy atom. The van der Waals surface area contributed by atoms with E-state index < -0.39 is 0 Å². The molecule has 0 amide bonds. The van der Waals surface area contributed by atoms with Gasteiger partial charge in [0.2, 0.25) is 5.69 Å². The van der Waals surface area contributed by atoms with Crippen LogP contribution in [0.5, 0.6) is 0 Å². The second-order valence-electron chi connectivity index (χ2n) is 5.44. The molecule has 0 saturated carbocycles. The number of rotatable bonds is 0. The molecule has 0 atom stereocenters. The monoisotopic (exact) mass is 256 g/mol. The van der Waals surface area contributed by atoms with E-state index in [1.807, 2.05) is 11.8 Å². The summed E-state index contributed by atoms with van der Waals surface area (Å²) < 4.78 is 2.38. The molecule has 2 heterocycles. The minimum absolute atomic E-state index is 0.142. The summed E-state index contributed by atoms with van der Waals surface area (Å²) in [7, 11) is 2.13. The third kappa shape index (κ3) is 1.59. The van der Waals surface area contributed by atoms with Crippen molar-refractivity contribution in [3.8, 4) is 11.3 Å². The lowest BCUT2D eigenvalue weighted by atomic mass is 9.90. The summed E-state index contributed by atoms with van der Waals surface area (Å²) in [6, 6.07) is 11.0. The highest BCUT2D eigenvalue weighted by atomic mass is 32.2. The number of pyridine rings is 1. The van der Waals surface area contributed by atoms with Gasteiger partial charge in [-0.05, 0) is 38.0 Å². The quantitative estimate of drug-likeness (QED) is 0.648. The Morgan fingerprint density at radius 1 is 1.11 bits per heavy atom. The molecule has 0 unspecified atom stereocenters. The van der Waals surface area contributed by atoms with E-state index >= 15 is 0 Å². The lowest BCUT2D eigenvalue weighted by molar-refractivity contribution is -0.662. The molecule has 0 radical (unpaired) electrons. The summed E-state index contributed by atoms with van der Waals surface area (Å²) in [6.07, 6.45) is 2.13. The molecule has 0 bridgehead atoms. The molecule has 92 valence electrons. The number of aryl methyl sites for hydroxylation is 2. The normalized spacial score (nSPS) is 16.0. The molecule has 0 aliphatic carbocycles. The van der Waals surface area contributed by atoms with Gasteiger partial charge in [-0.3, -0.25) is 0 Å². The largest absolute Gasteiger partial charge is 0.226 e. The summed E-state index contributed by atoms with van der Waals surface area (Å²) >= 11 is 1.96. The molecule has 18 heavy (non-hydrogen) atoms. The van der Waals surface area contributed by atoms with Crippen LogP contribution in [0.1, 0.15) is 25.0 Å². The number of benzene rings is 1. The Morgan fingerprint density at radius 2 is 1.89 bits per heavy atom. The van der Waals surface area contributed by atoms with Crippen LogP contribution >= 0.6 is 11.8 Å². The van der Waals surface area contributed by atoms with Gasteiger partial charge in [-0.25, -0.2) is 4.57 Å². The number of nitrogens with zero attached hydrogens (tertiary/aromatic N) is 1. The van der Waals surface area contributed by atoms with Crippen LogP contribution in [0.4, 0.5) is 0 Å². The van der Waals surface area contributed by atoms with Gasteiger partial charge in [0.1, 0.15) is 7.05 Å². The Labute approximate surface area is 113 Å². The fourth-order valence-electron chi connectivity index (χ4n) is 2.78. The predicted molar refractivity (Wildman–Crippen MR) is 76.7 cm³/mol. The summed E-state index contributed by atoms with van der Waals surface area (Å²) in [5.41, 5.74) is 5.58. The molecule has 0 fully saturated rings. The van der Waals surface area contributed by atoms with Crippen LogP contribution in [0, 0.1) is 6.92 Å². The van der Waals surface area contributed by atoms with Crippen molar-refractivity contribution in [1.29, 1.82) is 0 Å². The third-order valence-electron chi connectivity index (χ3n) is 3.67. The predicted octanol–water partition coefficient (Wildman–Crippen LogP) is 3.83. The molecular weight excluding hydrogens is 238 g/mol. The molecule has 1 aromatic heterocycles. The lowest BCUT2D eigenvalue weighted by Gasteiger charge is -2.32. The highest BCUT2D eigenvalue weighted by Crippen LogP contribution is 2.51. The Hall–Kier alpha value is -1.28. The summed E-state index contributed by atoms with van der Waals surface area (Å²) in [5.74, 6) is 0. The maximum Gasteiger partial charge on any atom is 0.226 e. The van der Waals surface area contributed by atoms with Crippen molar-refractivity contribution >= 4 is 11.8 Å². The van der Waals surface area contributed by atoms with Crippen molar-refractivity contribution in [1.82, 2.24) is 0 Å². The van der Waals surface area contributed by atoms with Crippen LogP contribution in [-0.2, 0) is 11.8 Å². The van der Waals surface area contributed by atoms with Gasteiger partial charge in [0.15, 0.2) is 6.20 Å². The van der Waals surface area contributed by atoms with Gasteiger partial charge in [-0.15, -0.1) is 11.8 Å². The maximum atomic E-state index is 2.31. The van der Waals surface area contributed by atoms with E-state index in [4.69, 9.17) is 0 Å². The molecule has 0 spiro atoms. The Balaban J connectivity index is 2.42. The van der Waals surface area contributed by atoms with E-state index in [9.17, 15) is 0 Å². The molecule has 1 nitrogen and oxygen atoms in total. The summed E-state index contributed by atoms with van der Waals surface area (Å²) in [6.45, 7) is 6.83. The van der Waals surface area contributed by atoms with Crippen molar-refractivity contribution in [2.24, 2.45) is 7.05 Å². The van der Waals surface area contributed by atoms with Gasteiger partial charge in [-0.1, -0.05) is 18.2 Å². The Kier molecular flexibility index (Phi) is 2.53. The topological polar surface area (TPSA) is 3.88 Å². The van der Waals surface area contributed by atoms with Crippen LogP contribution in [0.15, 0.2) is 41.4 Å². The third-order valence-corrected chi connectivity index (χ3v) is 4.95. The van der Waals surface area contributed by atoms with E-state index in [1.165, 1.54) is 27.3 Å². The fraction of sp³-hybridized carbons (Fsp3) is 0.312. The molecule has 2 heteroatoms. The smallest absolute Gasteiger partial charge is 0.200 e. The van der Waals surface area contributed by atoms with Crippen LogP contribution in [-0.4, -0.2) is 0 Å². The average molecular weight is 256 g/mol. The first-order valence-electron chi connectivity index (χ1n) is 6.29. The minimum atomic E-state index is 0.142. The number of hydrogen-bond donors (Lipinski definition) is 0. The lowest BCUT2D eigenvalue weighted by Crippen LogP contribution is -2.34. The van der Waals surface area contributed by atoms with Crippen molar-refractivity contribution in [3.63, 3.8) is 0 Å². The van der Waals surface area contributed by atoms with Crippen LogP contribution < -0.4 is 4.57 Å². The maximum absolute atomic E-state index is 2.31. The standard InChI is InChI=1S/C16H18NS/c1-11-7-5-8-12-14(11)15-13(18-16(12,2)3)9-6-10-17(15)4/h5-10H,1-4H3/q+1. The second kappa shape index (κ2) is 3.86. The first kappa shape index (κ1) is 11.8. The van der Waals surface area contributed by atoms with Gasteiger partial charge >= 0.3 is 0 Å². The zero-order valence-corrected chi connectivity index (χ0v) is 12.1. The number of hydrogen-bond acceptors (Lipinski definition) is 1. The van der Waals surface area contributed by atoms with E-state index in [2.05, 4.69) is 68.9 Å². The Bertz CT molecular complexity index is 629. The molecule has 3 rings (SSSR count). The van der Waals surface area contributed by atoms with Gasteiger partial charge in [-0.2, -0.15) is 0 Å². The number of aromatic nitrogens is 1. The highest BCUT2D eigenvalue weighted by molar-refractivity contribution is 8.00. The fourth-order valence-corrected chi connectivity index (χ4v) is 4.10. The molecule has 0 N–H and O–H groups in total. The number of thioether (sulfide) groups is 1. The van der Waals surface area contributed by atoms with Crippen LogP contribution in [0.2, 0.25) is 0 Å². The zero-order chi connectivity index (χ0) is 12.9. The SMILES string of the molecule is Cc1cccc2c1-c1c(ccc[n+]1C)SC2(C)C. The van der Waals surface area contributed by atoms with E-state index in [-0.39, 0.29) is 4.75 Å². The number of fused-ring (bicyclic) bond motifs is 3. The molecular formula is C16H18NS+. The van der Waals surface area contributed by atoms with Gasteiger partial charge in [0.05, 0.1) is 10.5 Å². The molecule has 0 saturated heterocycles. The minimum Gasteiger partial charge on any atom is -0.200 e. The first-order valence-corrected chi connectivity index (χ1v) is 7.10. The zero-order valence-electron chi connectivity index (χ0n) is 11.3. The molecule has 1 aliphatic heterocycles.